The number of carbonyl (C=O) groups excluding carboxylic acids is 1. The van der Waals surface area contributed by atoms with E-state index in [1.54, 1.807) is 0 Å². The summed E-state index contributed by atoms with van der Waals surface area (Å²) in [6.07, 6.45) is 2.92. The molecule has 2 rings (SSSR count). The Balaban J connectivity index is 1.89. The molecule has 1 amide bonds. The fourth-order valence-electron chi connectivity index (χ4n) is 1.93. The lowest BCUT2D eigenvalue weighted by Crippen LogP contribution is -2.29. The van der Waals surface area contributed by atoms with Gasteiger partial charge in [-0.25, -0.2) is 0 Å². The molecule has 0 fully saturated rings. The highest BCUT2D eigenvalue weighted by molar-refractivity contribution is 8.00. The third-order valence-electron chi connectivity index (χ3n) is 2.98. The summed E-state index contributed by atoms with van der Waals surface area (Å²) in [5, 5.41) is 5.95. The number of halogens is 3. The molecule has 0 saturated carbocycles. The third kappa shape index (κ3) is 5.43. The quantitative estimate of drug-likeness (QED) is 0.663. The van der Waals surface area contributed by atoms with Crippen LogP contribution in [0.5, 0.6) is 0 Å². The Bertz CT molecular complexity index is 526. The van der Waals surface area contributed by atoms with Gasteiger partial charge >= 0.3 is 5.51 Å². The lowest BCUT2D eigenvalue weighted by molar-refractivity contribution is -0.0328. The topological polar surface area (TPSA) is 41.1 Å². The van der Waals surface area contributed by atoms with Crippen LogP contribution >= 0.6 is 11.8 Å². The molecule has 3 nitrogen and oxygen atoms in total. The second kappa shape index (κ2) is 7.00. The molecular weight excluding hydrogens is 301 g/mol. The fraction of sp³-hybridized carbons (Fsp3) is 0.357. The first-order valence-electron chi connectivity index (χ1n) is 6.47. The molecule has 1 aliphatic heterocycles. The van der Waals surface area contributed by atoms with Crippen LogP contribution in [0.3, 0.4) is 0 Å². The molecule has 0 radical (unpaired) electrons. The number of carbonyl (C=O) groups is 1. The highest BCUT2D eigenvalue weighted by Gasteiger charge is 2.29. The number of thioether (sulfide) groups is 1. The van der Waals surface area contributed by atoms with Crippen molar-refractivity contribution in [2.24, 2.45) is 0 Å². The van der Waals surface area contributed by atoms with Crippen LogP contribution in [0.2, 0.25) is 0 Å². The second-order valence-corrected chi connectivity index (χ2v) is 5.71. The summed E-state index contributed by atoms with van der Waals surface area (Å²) in [6.45, 7) is 2.17. The number of nitrogens with one attached hydrogen (secondary N) is 2. The molecule has 1 aromatic rings. The van der Waals surface area contributed by atoms with E-state index in [-0.39, 0.29) is 22.6 Å². The minimum atomic E-state index is -4.31. The maximum atomic E-state index is 12.2. The molecule has 7 heteroatoms. The van der Waals surface area contributed by atoms with Crippen molar-refractivity contribution in [2.45, 2.75) is 16.8 Å². The largest absolute Gasteiger partial charge is 0.446 e. The van der Waals surface area contributed by atoms with Crippen LogP contribution in [0.25, 0.3) is 0 Å². The van der Waals surface area contributed by atoms with Gasteiger partial charge in [-0.2, -0.15) is 13.2 Å². The van der Waals surface area contributed by atoms with Gasteiger partial charge in [0.25, 0.3) is 5.91 Å². The van der Waals surface area contributed by atoms with Gasteiger partial charge in [0.1, 0.15) is 0 Å². The lowest BCUT2D eigenvalue weighted by atomic mass is 10.1. The summed E-state index contributed by atoms with van der Waals surface area (Å²) in [4.78, 5) is 12.0. The molecule has 0 atom stereocenters. The number of hydrogen-bond donors (Lipinski definition) is 2. The zero-order chi connectivity index (χ0) is 15.3. The van der Waals surface area contributed by atoms with E-state index in [9.17, 15) is 18.0 Å². The Morgan fingerprint density at radius 2 is 2.00 bits per heavy atom. The Kier molecular flexibility index (Phi) is 5.30. The van der Waals surface area contributed by atoms with Gasteiger partial charge in [-0.1, -0.05) is 11.6 Å². The minimum absolute atomic E-state index is 0.0695. The van der Waals surface area contributed by atoms with Crippen molar-refractivity contribution in [2.75, 3.05) is 19.6 Å². The van der Waals surface area contributed by atoms with E-state index in [1.807, 2.05) is 6.08 Å². The van der Waals surface area contributed by atoms with Gasteiger partial charge in [0.05, 0.1) is 0 Å². The van der Waals surface area contributed by atoms with Crippen molar-refractivity contribution in [1.29, 1.82) is 0 Å². The van der Waals surface area contributed by atoms with Crippen LogP contribution < -0.4 is 10.6 Å². The van der Waals surface area contributed by atoms with Gasteiger partial charge < -0.3 is 10.6 Å². The first kappa shape index (κ1) is 15.9. The summed E-state index contributed by atoms with van der Waals surface area (Å²) in [5.41, 5.74) is -2.80. The molecule has 1 aromatic carbocycles. The smallest absolute Gasteiger partial charge is 0.348 e. The van der Waals surface area contributed by atoms with Gasteiger partial charge in [0, 0.05) is 23.5 Å². The molecule has 21 heavy (non-hydrogen) atoms. The number of benzene rings is 1. The zero-order valence-corrected chi connectivity index (χ0v) is 12.0. The van der Waals surface area contributed by atoms with Crippen molar-refractivity contribution >= 4 is 17.7 Å². The van der Waals surface area contributed by atoms with Crippen LogP contribution in [-0.2, 0) is 0 Å². The van der Waals surface area contributed by atoms with Gasteiger partial charge in [-0.3, -0.25) is 4.79 Å². The molecule has 0 unspecified atom stereocenters. The molecule has 0 saturated heterocycles. The van der Waals surface area contributed by atoms with Crippen molar-refractivity contribution in [1.82, 2.24) is 10.6 Å². The normalized spacial score (nSPS) is 15.5. The zero-order valence-electron chi connectivity index (χ0n) is 11.2. The summed E-state index contributed by atoms with van der Waals surface area (Å²) in [7, 11) is 0. The van der Waals surface area contributed by atoms with Crippen LogP contribution in [0.1, 0.15) is 16.8 Å². The second-order valence-electron chi connectivity index (χ2n) is 4.57. The third-order valence-corrected chi connectivity index (χ3v) is 3.72. The van der Waals surface area contributed by atoms with E-state index in [2.05, 4.69) is 10.6 Å². The average molecular weight is 316 g/mol. The minimum Gasteiger partial charge on any atom is -0.348 e. The summed E-state index contributed by atoms with van der Waals surface area (Å²) < 4.78 is 36.6. The Hall–Kier alpha value is -1.47. The molecule has 1 heterocycles. The highest BCUT2D eigenvalue weighted by Crippen LogP contribution is 2.36. The maximum absolute atomic E-state index is 12.2. The first-order chi connectivity index (χ1) is 9.94. The van der Waals surface area contributed by atoms with Crippen LogP contribution in [0, 0.1) is 0 Å². The molecule has 0 aliphatic carbocycles. The lowest BCUT2D eigenvalue weighted by Gasteiger charge is -2.14. The van der Waals surface area contributed by atoms with Crippen molar-refractivity contribution in [3.63, 3.8) is 0 Å². The number of hydrogen-bond acceptors (Lipinski definition) is 3. The SMILES string of the molecule is O=C(NCC1=CCNCC1)c1ccc(SC(F)(F)F)cc1. The molecule has 0 bridgehead atoms. The highest BCUT2D eigenvalue weighted by atomic mass is 32.2. The first-order valence-corrected chi connectivity index (χ1v) is 7.28. The van der Waals surface area contributed by atoms with Gasteiger partial charge in [-0.05, 0) is 49.0 Å². The summed E-state index contributed by atoms with van der Waals surface area (Å²) >= 11 is -0.191. The van der Waals surface area contributed by atoms with E-state index >= 15 is 0 Å². The van der Waals surface area contributed by atoms with Crippen molar-refractivity contribution in [3.05, 3.63) is 41.5 Å². The fourth-order valence-corrected chi connectivity index (χ4v) is 2.47. The van der Waals surface area contributed by atoms with Crippen LogP contribution in [0.4, 0.5) is 13.2 Å². The van der Waals surface area contributed by atoms with Crippen molar-refractivity contribution < 1.29 is 18.0 Å². The van der Waals surface area contributed by atoms with Gasteiger partial charge in [0.2, 0.25) is 0 Å². The Morgan fingerprint density at radius 3 is 2.57 bits per heavy atom. The van der Waals surface area contributed by atoms with E-state index in [4.69, 9.17) is 0 Å². The Morgan fingerprint density at radius 1 is 1.29 bits per heavy atom. The summed E-state index contributed by atoms with van der Waals surface area (Å²) in [6, 6.07) is 5.41. The molecule has 2 N–H and O–H groups in total. The standard InChI is InChI=1S/C14H15F3N2OS/c15-14(16,17)21-12-3-1-11(2-4-12)13(20)19-9-10-5-7-18-8-6-10/h1-5,18H,6-9H2,(H,19,20). The number of amides is 1. The van der Waals surface area contributed by atoms with E-state index < -0.39 is 5.51 Å². The number of alkyl halides is 3. The van der Waals surface area contributed by atoms with Gasteiger partial charge in [-0.15, -0.1) is 0 Å². The molecule has 0 spiro atoms. The van der Waals surface area contributed by atoms with Crippen LogP contribution in [0.15, 0.2) is 40.8 Å². The summed E-state index contributed by atoms with van der Waals surface area (Å²) in [5.74, 6) is -0.280. The predicted molar refractivity (Wildman–Crippen MR) is 76.3 cm³/mol. The van der Waals surface area contributed by atoms with E-state index in [1.165, 1.54) is 24.3 Å². The molecule has 0 aromatic heterocycles. The van der Waals surface area contributed by atoms with Crippen molar-refractivity contribution in [3.8, 4) is 0 Å². The van der Waals surface area contributed by atoms with E-state index in [0.29, 0.717) is 12.1 Å². The monoisotopic (exact) mass is 316 g/mol. The predicted octanol–water partition coefficient (Wildman–Crippen LogP) is 2.95. The Labute approximate surface area is 125 Å². The molecule has 1 aliphatic rings. The number of rotatable bonds is 4. The van der Waals surface area contributed by atoms with E-state index in [0.717, 1.165) is 25.1 Å². The average Bonchev–Trinajstić information content (AvgIpc) is 2.45. The molecule has 114 valence electrons. The maximum Gasteiger partial charge on any atom is 0.446 e. The molecular formula is C14H15F3N2OS. The van der Waals surface area contributed by atoms with Gasteiger partial charge in [0.15, 0.2) is 0 Å². The van der Waals surface area contributed by atoms with Crippen LogP contribution in [-0.4, -0.2) is 31.0 Å².